The molecule has 2 heterocycles. The Bertz CT molecular complexity index is 910. The van der Waals surface area contributed by atoms with Gasteiger partial charge in [-0.25, -0.2) is 13.8 Å². The molecule has 9 heteroatoms. The molecule has 1 atom stereocenters. The third-order valence-corrected chi connectivity index (χ3v) is 6.70. The van der Waals surface area contributed by atoms with Crippen molar-refractivity contribution in [2.45, 2.75) is 63.4 Å². The van der Waals surface area contributed by atoms with Gasteiger partial charge < -0.3 is 19.5 Å². The van der Waals surface area contributed by atoms with Gasteiger partial charge in [0.05, 0.1) is 42.2 Å². The molecule has 2 aliphatic rings. The zero-order chi connectivity index (χ0) is 21.3. The monoisotopic (exact) mass is 440 g/mol. The Morgan fingerprint density at radius 1 is 1.33 bits per heavy atom. The summed E-state index contributed by atoms with van der Waals surface area (Å²) in [5.74, 6) is -0.375. The zero-order valence-corrected chi connectivity index (χ0v) is 17.9. The van der Waals surface area contributed by atoms with Gasteiger partial charge in [-0.3, -0.25) is 4.79 Å². The molecule has 2 aromatic rings. The van der Waals surface area contributed by atoms with Crippen LogP contribution < -0.4 is 10.1 Å². The van der Waals surface area contributed by atoms with Gasteiger partial charge in [0.2, 0.25) is 11.6 Å². The van der Waals surface area contributed by atoms with Crippen molar-refractivity contribution in [2.75, 3.05) is 19.8 Å². The molecule has 0 radical (unpaired) electrons. The Hall–Kier alpha value is -1.84. The maximum Gasteiger partial charge on any atom is 0.217 e. The first-order chi connectivity index (χ1) is 14.3. The fourth-order valence-electron chi connectivity index (χ4n) is 3.79. The Morgan fingerprint density at radius 2 is 2.03 bits per heavy atom. The summed E-state index contributed by atoms with van der Waals surface area (Å²) in [6, 6.07) is 3.21. The Kier molecular flexibility index (Phi) is 6.22. The van der Waals surface area contributed by atoms with Crippen LogP contribution in [0.1, 0.15) is 44.5 Å². The van der Waals surface area contributed by atoms with Gasteiger partial charge in [-0.15, -0.1) is 11.3 Å². The van der Waals surface area contributed by atoms with E-state index in [1.807, 2.05) is 6.92 Å². The molecule has 0 bridgehead atoms. The maximum atomic E-state index is 15.0. The third-order valence-electron chi connectivity index (χ3n) is 5.45. The molecule has 0 spiro atoms. The number of ether oxygens (including phenoxy) is 3. The molecule has 2 fully saturated rings. The van der Waals surface area contributed by atoms with E-state index in [9.17, 15) is 13.6 Å². The van der Waals surface area contributed by atoms with E-state index in [0.717, 1.165) is 37.0 Å². The summed E-state index contributed by atoms with van der Waals surface area (Å²) < 4.78 is 46.6. The average Bonchev–Trinajstić information content (AvgIpc) is 3.13. The first-order valence-electron chi connectivity index (χ1n) is 10.3. The molecule has 1 aromatic heterocycles. The number of nitrogens with zero attached hydrogens (tertiary/aromatic N) is 1. The van der Waals surface area contributed by atoms with Gasteiger partial charge in [0.15, 0.2) is 11.6 Å². The SMILES string of the molecule is CC(=O)N[C@@H](C)CO[C@H]1CC[C@H](Oc2ccc3nc(C4(F)COC4)sc3c2F)CC1. The van der Waals surface area contributed by atoms with Crippen molar-refractivity contribution < 1.29 is 27.8 Å². The van der Waals surface area contributed by atoms with E-state index in [4.69, 9.17) is 14.2 Å². The number of carbonyl (C=O) groups excluding carboxylic acids is 1. The van der Waals surface area contributed by atoms with Crippen LogP contribution in [0.15, 0.2) is 12.1 Å². The van der Waals surface area contributed by atoms with Crippen LogP contribution in [0.4, 0.5) is 8.78 Å². The molecule has 1 amide bonds. The quantitative estimate of drug-likeness (QED) is 0.708. The van der Waals surface area contributed by atoms with Crippen molar-refractivity contribution in [3.05, 3.63) is 23.0 Å². The molecule has 4 rings (SSSR count). The predicted molar refractivity (Wildman–Crippen MR) is 109 cm³/mol. The molecule has 1 saturated carbocycles. The lowest BCUT2D eigenvalue weighted by molar-refractivity contribution is -0.135. The van der Waals surface area contributed by atoms with Crippen LogP contribution in [0.3, 0.4) is 0 Å². The Balaban J connectivity index is 1.33. The molecule has 1 aliphatic carbocycles. The van der Waals surface area contributed by atoms with Gasteiger partial charge in [-0.2, -0.15) is 0 Å². The van der Waals surface area contributed by atoms with Gasteiger partial charge in [0.1, 0.15) is 5.01 Å². The lowest BCUT2D eigenvalue weighted by Crippen LogP contribution is -2.42. The first-order valence-corrected chi connectivity index (χ1v) is 11.1. The minimum absolute atomic E-state index is 0.0310. The summed E-state index contributed by atoms with van der Waals surface area (Å²) in [5.41, 5.74) is -1.17. The van der Waals surface area contributed by atoms with Crippen molar-refractivity contribution in [1.82, 2.24) is 10.3 Å². The summed E-state index contributed by atoms with van der Waals surface area (Å²) in [4.78, 5) is 15.3. The van der Waals surface area contributed by atoms with Crippen LogP contribution in [0, 0.1) is 5.82 Å². The number of amides is 1. The standard InChI is InChI=1S/C21H26F2N2O4S/c1-12(24-13(2)26)9-28-14-3-5-15(6-4-14)29-17-8-7-16-19(18(17)22)30-20(25-16)21(23)10-27-11-21/h7-8,12,14-15H,3-6,9-11H2,1-2H3,(H,24,26)/t12-,14-,15-/m0/s1. The molecule has 1 N–H and O–H groups in total. The minimum atomic E-state index is -1.60. The molecule has 30 heavy (non-hydrogen) atoms. The molecule has 1 aromatic carbocycles. The normalized spacial score (nSPS) is 24.3. The van der Waals surface area contributed by atoms with Gasteiger partial charge in [0.25, 0.3) is 0 Å². The van der Waals surface area contributed by atoms with Gasteiger partial charge in [0, 0.05) is 13.0 Å². The molecule has 6 nitrogen and oxygen atoms in total. The van der Waals surface area contributed by atoms with Crippen molar-refractivity contribution in [3.8, 4) is 5.75 Å². The van der Waals surface area contributed by atoms with Crippen molar-refractivity contribution in [2.24, 2.45) is 0 Å². The van der Waals surface area contributed by atoms with E-state index in [2.05, 4.69) is 10.3 Å². The van der Waals surface area contributed by atoms with Crippen LogP contribution in [0.2, 0.25) is 0 Å². The largest absolute Gasteiger partial charge is 0.487 e. The highest BCUT2D eigenvalue weighted by Crippen LogP contribution is 2.41. The Morgan fingerprint density at radius 3 is 2.67 bits per heavy atom. The second kappa shape index (κ2) is 8.72. The zero-order valence-electron chi connectivity index (χ0n) is 17.1. The number of thiazole rings is 1. The van der Waals surface area contributed by atoms with E-state index >= 15 is 0 Å². The fourth-order valence-corrected chi connectivity index (χ4v) is 4.84. The topological polar surface area (TPSA) is 69.7 Å². The second-order valence-electron chi connectivity index (χ2n) is 8.15. The average molecular weight is 441 g/mol. The summed E-state index contributed by atoms with van der Waals surface area (Å²) in [5, 5.41) is 3.05. The van der Waals surface area contributed by atoms with E-state index in [1.165, 1.54) is 6.92 Å². The first kappa shape index (κ1) is 21.4. The number of hydrogen-bond donors (Lipinski definition) is 1. The number of halogens is 2. The third kappa shape index (κ3) is 4.58. The smallest absolute Gasteiger partial charge is 0.217 e. The van der Waals surface area contributed by atoms with Crippen LogP contribution in [-0.2, 0) is 19.9 Å². The number of rotatable bonds is 7. The second-order valence-corrected chi connectivity index (χ2v) is 9.15. The highest BCUT2D eigenvalue weighted by atomic mass is 32.1. The van der Waals surface area contributed by atoms with Crippen molar-refractivity contribution >= 4 is 27.5 Å². The van der Waals surface area contributed by atoms with Crippen molar-refractivity contribution in [1.29, 1.82) is 0 Å². The lowest BCUT2D eigenvalue weighted by Gasteiger charge is -2.31. The number of alkyl halides is 1. The summed E-state index contributed by atoms with van der Waals surface area (Å²) in [6.45, 7) is 3.79. The number of hydrogen-bond acceptors (Lipinski definition) is 6. The van der Waals surface area contributed by atoms with E-state index in [1.54, 1.807) is 12.1 Å². The van der Waals surface area contributed by atoms with Crippen molar-refractivity contribution in [3.63, 3.8) is 0 Å². The minimum Gasteiger partial charge on any atom is -0.487 e. The van der Waals surface area contributed by atoms with E-state index in [0.29, 0.717) is 16.8 Å². The van der Waals surface area contributed by atoms with E-state index in [-0.39, 0.29) is 48.1 Å². The van der Waals surface area contributed by atoms with Crippen LogP contribution in [0.25, 0.3) is 10.2 Å². The van der Waals surface area contributed by atoms with Gasteiger partial charge >= 0.3 is 0 Å². The molecule has 1 aliphatic heterocycles. The highest BCUT2D eigenvalue weighted by molar-refractivity contribution is 7.18. The van der Waals surface area contributed by atoms with Crippen LogP contribution in [-0.4, -0.2) is 49.0 Å². The number of fused-ring (bicyclic) bond motifs is 1. The number of carbonyl (C=O) groups is 1. The molecule has 1 saturated heterocycles. The Labute approximate surface area is 177 Å². The maximum absolute atomic E-state index is 15.0. The molecular formula is C21H26F2N2O4S. The highest BCUT2D eigenvalue weighted by Gasteiger charge is 2.44. The van der Waals surface area contributed by atoms with Crippen LogP contribution in [0.5, 0.6) is 5.75 Å². The molecule has 164 valence electrons. The molecule has 0 unspecified atom stereocenters. The lowest BCUT2D eigenvalue weighted by atomic mass is 9.95. The van der Waals surface area contributed by atoms with Crippen LogP contribution >= 0.6 is 11.3 Å². The summed E-state index contributed by atoms with van der Waals surface area (Å²) in [7, 11) is 0. The van der Waals surface area contributed by atoms with Gasteiger partial charge in [-0.1, -0.05) is 0 Å². The number of aromatic nitrogens is 1. The molecular weight excluding hydrogens is 414 g/mol. The predicted octanol–water partition coefficient (Wildman–Crippen LogP) is 3.86. The van der Waals surface area contributed by atoms with E-state index < -0.39 is 11.5 Å². The number of nitrogens with one attached hydrogen (secondary N) is 1. The van der Waals surface area contributed by atoms with Gasteiger partial charge in [-0.05, 0) is 44.7 Å². The fraction of sp³-hybridized carbons (Fsp3) is 0.619. The number of benzene rings is 1. The summed E-state index contributed by atoms with van der Waals surface area (Å²) >= 11 is 1.03. The summed E-state index contributed by atoms with van der Waals surface area (Å²) in [6.07, 6.45) is 3.17.